The molecule has 22 heavy (non-hydrogen) atoms. The maximum atomic E-state index is 12.1. The van der Waals surface area contributed by atoms with Crippen molar-refractivity contribution in [2.24, 2.45) is 0 Å². The zero-order chi connectivity index (χ0) is 15.1. The van der Waals surface area contributed by atoms with Crippen molar-refractivity contribution in [3.8, 4) is 0 Å². The Kier molecular flexibility index (Phi) is 3.16. The average Bonchev–Trinajstić information content (AvgIpc) is 3.18. The number of nitrogens with zero attached hydrogens (tertiary/aromatic N) is 5. The van der Waals surface area contributed by atoms with Gasteiger partial charge < -0.3 is 14.3 Å². The van der Waals surface area contributed by atoms with E-state index in [9.17, 15) is 4.79 Å². The van der Waals surface area contributed by atoms with Crippen LogP contribution in [0.5, 0.6) is 0 Å². The Morgan fingerprint density at radius 3 is 2.77 bits per heavy atom. The SMILES string of the molecule is Cc1nnc(C(=O)NC2CCc3nnc(C4CC4)n3CC2)o1. The quantitative estimate of drug-likeness (QED) is 0.907. The predicted octanol–water partition coefficient (Wildman–Crippen LogP) is 0.982. The van der Waals surface area contributed by atoms with E-state index in [0.29, 0.717) is 11.8 Å². The van der Waals surface area contributed by atoms with E-state index in [-0.39, 0.29) is 17.8 Å². The summed E-state index contributed by atoms with van der Waals surface area (Å²) in [4.78, 5) is 12.1. The summed E-state index contributed by atoms with van der Waals surface area (Å²) in [6.45, 7) is 2.52. The Labute approximate surface area is 127 Å². The van der Waals surface area contributed by atoms with Crippen LogP contribution in [0.3, 0.4) is 0 Å². The second-order valence-electron chi connectivity index (χ2n) is 6.02. The average molecular weight is 302 g/mol. The minimum Gasteiger partial charge on any atom is -0.417 e. The molecule has 3 heterocycles. The fourth-order valence-corrected chi connectivity index (χ4v) is 2.93. The maximum absolute atomic E-state index is 12.1. The summed E-state index contributed by atoms with van der Waals surface area (Å²) < 4.78 is 7.40. The number of hydrogen-bond acceptors (Lipinski definition) is 6. The Morgan fingerprint density at radius 2 is 2.05 bits per heavy atom. The van der Waals surface area contributed by atoms with Crippen LogP contribution in [0.15, 0.2) is 4.42 Å². The van der Waals surface area contributed by atoms with Gasteiger partial charge in [0.1, 0.15) is 11.6 Å². The summed E-state index contributed by atoms with van der Waals surface area (Å²) in [5, 5.41) is 19.1. The Morgan fingerprint density at radius 1 is 1.18 bits per heavy atom. The summed E-state index contributed by atoms with van der Waals surface area (Å²) in [5.41, 5.74) is 0. The third-order valence-corrected chi connectivity index (χ3v) is 4.27. The molecule has 1 atom stereocenters. The molecule has 1 fully saturated rings. The molecule has 1 saturated carbocycles. The van der Waals surface area contributed by atoms with Crippen LogP contribution in [0.2, 0.25) is 0 Å². The smallest absolute Gasteiger partial charge is 0.309 e. The second kappa shape index (κ2) is 5.19. The van der Waals surface area contributed by atoms with E-state index in [1.807, 2.05) is 0 Å². The molecule has 1 aliphatic carbocycles. The number of carbonyl (C=O) groups excluding carboxylic acids is 1. The molecule has 0 aromatic carbocycles. The van der Waals surface area contributed by atoms with E-state index in [1.165, 1.54) is 12.8 Å². The van der Waals surface area contributed by atoms with Crippen molar-refractivity contribution in [2.75, 3.05) is 0 Å². The standard InChI is InChI=1S/C14H18N6O2/c1-8-16-19-14(22-8)13(21)15-10-4-5-11-17-18-12(9-2-3-9)20(11)7-6-10/h9-10H,2-7H2,1H3,(H,15,21). The minimum atomic E-state index is -0.300. The molecule has 2 aliphatic rings. The van der Waals surface area contributed by atoms with Crippen LogP contribution in [-0.2, 0) is 13.0 Å². The van der Waals surface area contributed by atoms with Crippen LogP contribution < -0.4 is 5.32 Å². The van der Waals surface area contributed by atoms with Crippen molar-refractivity contribution < 1.29 is 9.21 Å². The Hall–Kier alpha value is -2.25. The highest BCUT2D eigenvalue weighted by molar-refractivity contribution is 5.89. The van der Waals surface area contributed by atoms with Crippen LogP contribution in [-0.4, -0.2) is 36.9 Å². The first-order valence-corrected chi connectivity index (χ1v) is 7.73. The van der Waals surface area contributed by atoms with Crippen LogP contribution >= 0.6 is 0 Å². The zero-order valence-electron chi connectivity index (χ0n) is 12.4. The molecule has 0 bridgehead atoms. The number of carbonyl (C=O) groups is 1. The Balaban J connectivity index is 1.42. The number of fused-ring (bicyclic) bond motifs is 1. The normalized spacial score (nSPS) is 21.2. The van der Waals surface area contributed by atoms with Crippen LogP contribution in [0.4, 0.5) is 0 Å². The largest absolute Gasteiger partial charge is 0.417 e. The van der Waals surface area contributed by atoms with Gasteiger partial charge in [0.2, 0.25) is 5.89 Å². The lowest BCUT2D eigenvalue weighted by Gasteiger charge is -2.14. The molecule has 0 spiro atoms. The van der Waals surface area contributed by atoms with Gasteiger partial charge in [-0.1, -0.05) is 0 Å². The molecule has 116 valence electrons. The molecule has 2 aromatic rings. The summed E-state index contributed by atoms with van der Waals surface area (Å²) in [6.07, 6.45) is 4.97. The summed E-state index contributed by atoms with van der Waals surface area (Å²) in [6, 6.07) is 0.0912. The maximum Gasteiger partial charge on any atom is 0.309 e. The van der Waals surface area contributed by atoms with Crippen molar-refractivity contribution in [3.05, 3.63) is 23.4 Å². The van der Waals surface area contributed by atoms with E-state index < -0.39 is 0 Å². The zero-order valence-corrected chi connectivity index (χ0v) is 12.4. The van der Waals surface area contributed by atoms with Crippen molar-refractivity contribution in [1.29, 1.82) is 0 Å². The third-order valence-electron chi connectivity index (χ3n) is 4.27. The van der Waals surface area contributed by atoms with E-state index in [4.69, 9.17) is 4.42 Å². The third kappa shape index (κ3) is 2.49. The first-order valence-electron chi connectivity index (χ1n) is 7.73. The van der Waals surface area contributed by atoms with Gasteiger partial charge >= 0.3 is 11.8 Å². The molecule has 8 nitrogen and oxygen atoms in total. The molecule has 2 aromatic heterocycles. The highest BCUT2D eigenvalue weighted by Crippen LogP contribution is 2.39. The first kappa shape index (κ1) is 13.4. The van der Waals surface area contributed by atoms with Gasteiger partial charge in [-0.2, -0.15) is 0 Å². The number of amides is 1. The van der Waals surface area contributed by atoms with Gasteiger partial charge in [0.15, 0.2) is 0 Å². The van der Waals surface area contributed by atoms with Gasteiger partial charge in [-0.15, -0.1) is 20.4 Å². The van der Waals surface area contributed by atoms with E-state index in [1.54, 1.807) is 6.92 Å². The summed E-state index contributed by atoms with van der Waals surface area (Å²) in [7, 11) is 0. The molecule has 0 saturated heterocycles. The summed E-state index contributed by atoms with van der Waals surface area (Å²) in [5.74, 6) is 2.87. The van der Waals surface area contributed by atoms with Gasteiger partial charge in [0.05, 0.1) is 0 Å². The number of rotatable bonds is 3. The molecule has 4 rings (SSSR count). The minimum absolute atomic E-state index is 0.0276. The topological polar surface area (TPSA) is 98.7 Å². The van der Waals surface area contributed by atoms with Crippen molar-refractivity contribution in [3.63, 3.8) is 0 Å². The van der Waals surface area contributed by atoms with E-state index in [0.717, 1.165) is 37.5 Å². The fourth-order valence-electron chi connectivity index (χ4n) is 2.93. The molecular weight excluding hydrogens is 284 g/mol. The molecular formula is C14H18N6O2. The molecule has 1 aliphatic heterocycles. The summed E-state index contributed by atoms with van der Waals surface area (Å²) >= 11 is 0. The lowest BCUT2D eigenvalue weighted by Crippen LogP contribution is -2.35. The molecule has 1 unspecified atom stereocenters. The number of nitrogens with one attached hydrogen (secondary N) is 1. The Bertz CT molecular complexity index is 702. The van der Waals surface area contributed by atoms with Gasteiger partial charge in [-0.05, 0) is 25.7 Å². The van der Waals surface area contributed by atoms with E-state index in [2.05, 4.69) is 30.3 Å². The molecule has 8 heteroatoms. The van der Waals surface area contributed by atoms with Crippen LogP contribution in [0, 0.1) is 6.92 Å². The van der Waals surface area contributed by atoms with Crippen molar-refractivity contribution in [1.82, 2.24) is 30.3 Å². The number of aryl methyl sites for hydroxylation is 2. The van der Waals surface area contributed by atoms with Gasteiger partial charge in [-0.25, -0.2) is 0 Å². The van der Waals surface area contributed by atoms with Gasteiger partial charge in [-0.3, -0.25) is 4.79 Å². The molecule has 1 N–H and O–H groups in total. The lowest BCUT2D eigenvalue weighted by atomic mass is 10.1. The highest BCUT2D eigenvalue weighted by Gasteiger charge is 2.31. The monoisotopic (exact) mass is 302 g/mol. The lowest BCUT2D eigenvalue weighted by molar-refractivity contribution is 0.0896. The second-order valence-corrected chi connectivity index (χ2v) is 6.02. The van der Waals surface area contributed by atoms with Crippen molar-refractivity contribution >= 4 is 5.91 Å². The fraction of sp³-hybridized carbons (Fsp3) is 0.643. The molecule has 0 radical (unpaired) electrons. The van der Waals surface area contributed by atoms with Crippen LogP contribution in [0.1, 0.15) is 59.8 Å². The molecule has 1 amide bonds. The number of hydrogen-bond donors (Lipinski definition) is 1. The highest BCUT2D eigenvalue weighted by atomic mass is 16.4. The van der Waals surface area contributed by atoms with Crippen LogP contribution in [0.25, 0.3) is 0 Å². The predicted molar refractivity (Wildman–Crippen MR) is 75.2 cm³/mol. The van der Waals surface area contributed by atoms with Gasteiger partial charge in [0.25, 0.3) is 0 Å². The van der Waals surface area contributed by atoms with Gasteiger partial charge in [0, 0.05) is 31.8 Å². The first-order chi connectivity index (χ1) is 10.7. The van der Waals surface area contributed by atoms with Crippen molar-refractivity contribution in [2.45, 2.75) is 57.5 Å². The van der Waals surface area contributed by atoms with E-state index >= 15 is 0 Å². The number of aromatic nitrogens is 5.